The van der Waals surface area contributed by atoms with E-state index in [0.717, 1.165) is 69.8 Å². The topological polar surface area (TPSA) is 131 Å². The molecule has 1 aliphatic heterocycles. The first kappa shape index (κ1) is 32.4. The number of allylic oxidation sites excluding steroid dienone is 1. The van der Waals surface area contributed by atoms with Gasteiger partial charge in [-0.3, -0.25) is 0 Å². The third kappa shape index (κ3) is 4.17. The monoisotopic (exact) mass is 604 g/mol. The number of rotatable bonds is 4. The van der Waals surface area contributed by atoms with Crippen molar-refractivity contribution in [3.8, 4) is 0 Å². The summed E-state index contributed by atoms with van der Waals surface area (Å²) in [6, 6.07) is 0. The van der Waals surface area contributed by atoms with Gasteiger partial charge < -0.3 is 35.4 Å². The largest absolute Gasteiger partial charge is 0.394 e. The van der Waals surface area contributed by atoms with Gasteiger partial charge >= 0.3 is 0 Å². The van der Waals surface area contributed by atoms with Crippen molar-refractivity contribution < 1.29 is 35.4 Å². The highest BCUT2D eigenvalue weighted by molar-refractivity contribution is 5.23. The molecule has 43 heavy (non-hydrogen) atoms. The minimum atomic E-state index is -1.49. The summed E-state index contributed by atoms with van der Waals surface area (Å²) in [6.07, 6.45) is 2.33. The minimum Gasteiger partial charge on any atom is -0.394 e. The number of aliphatic hydroxyl groups is 6. The first-order valence-corrected chi connectivity index (χ1v) is 17.3. The van der Waals surface area contributed by atoms with E-state index in [2.05, 4.69) is 48.1 Å². The predicted octanol–water partition coefficient (Wildman–Crippen LogP) is 4.21. The second kappa shape index (κ2) is 10.5. The number of hydrogen-bond acceptors (Lipinski definition) is 7. The molecule has 1 heterocycles. The number of ether oxygens (including phenoxy) is 1. The van der Waals surface area contributed by atoms with Crippen molar-refractivity contribution in [3.63, 3.8) is 0 Å². The van der Waals surface area contributed by atoms with E-state index in [1.165, 1.54) is 0 Å². The molecule has 5 aliphatic carbocycles. The summed E-state index contributed by atoms with van der Waals surface area (Å²) >= 11 is 0. The third-order valence-corrected chi connectivity index (χ3v) is 15.9. The average molecular weight is 605 g/mol. The van der Waals surface area contributed by atoms with Crippen LogP contribution in [0.2, 0.25) is 0 Å². The van der Waals surface area contributed by atoms with Gasteiger partial charge in [-0.2, -0.15) is 0 Å². The first-order valence-electron chi connectivity index (χ1n) is 17.3. The van der Waals surface area contributed by atoms with E-state index >= 15 is 0 Å². The predicted molar refractivity (Wildman–Crippen MR) is 165 cm³/mol. The van der Waals surface area contributed by atoms with E-state index in [0.29, 0.717) is 17.8 Å². The third-order valence-electron chi connectivity index (χ3n) is 15.9. The number of aliphatic hydroxyl groups excluding tert-OH is 6. The minimum absolute atomic E-state index is 0.0748. The average Bonchev–Trinajstić information content (AvgIpc) is 3.35. The van der Waals surface area contributed by atoms with Gasteiger partial charge in [-0.05, 0) is 122 Å². The zero-order valence-electron chi connectivity index (χ0n) is 27.5. The number of hydrogen-bond donors (Lipinski definition) is 6. The summed E-state index contributed by atoms with van der Waals surface area (Å²) in [5.41, 5.74) is 0.982. The molecule has 0 aromatic rings. The first-order chi connectivity index (χ1) is 20.0. The Balaban J connectivity index is 1.37. The molecule has 0 spiro atoms. The lowest BCUT2D eigenvalue weighted by atomic mass is 9.32. The van der Waals surface area contributed by atoms with Gasteiger partial charge in [-0.1, -0.05) is 46.8 Å². The van der Waals surface area contributed by atoms with Crippen molar-refractivity contribution in [3.05, 3.63) is 12.2 Å². The fraction of sp³-hybridized carbons (Fsp3) is 0.944. The second-order valence-electron chi connectivity index (χ2n) is 17.5. The molecule has 6 rings (SSSR count). The molecule has 7 unspecified atom stereocenters. The molecule has 0 bridgehead atoms. The molecule has 0 aromatic heterocycles. The Morgan fingerprint density at radius 2 is 1.49 bits per heavy atom. The summed E-state index contributed by atoms with van der Waals surface area (Å²) in [5, 5.41) is 65.3. The molecule has 246 valence electrons. The highest BCUT2D eigenvalue weighted by Gasteiger charge is 2.72. The van der Waals surface area contributed by atoms with Crippen LogP contribution in [0.5, 0.6) is 0 Å². The molecule has 5 saturated carbocycles. The van der Waals surface area contributed by atoms with Crippen LogP contribution in [0, 0.1) is 56.7 Å². The van der Waals surface area contributed by atoms with E-state index in [-0.39, 0.29) is 39.6 Å². The molecule has 16 atom stereocenters. The van der Waals surface area contributed by atoms with Crippen LogP contribution < -0.4 is 0 Å². The normalized spacial score (nSPS) is 56.7. The number of fused-ring (bicyclic) bond motifs is 7. The molecule has 0 radical (unpaired) electrons. The lowest BCUT2D eigenvalue weighted by Gasteiger charge is -2.73. The van der Waals surface area contributed by atoms with E-state index < -0.39 is 48.6 Å². The smallest absolute Gasteiger partial charge is 0.113 e. The molecular weight excluding hydrogens is 544 g/mol. The highest BCUT2D eigenvalue weighted by Crippen LogP contribution is 2.78. The van der Waals surface area contributed by atoms with Crippen molar-refractivity contribution >= 4 is 0 Å². The van der Waals surface area contributed by atoms with Gasteiger partial charge in [0, 0.05) is 5.41 Å². The van der Waals surface area contributed by atoms with Crippen LogP contribution in [-0.2, 0) is 4.74 Å². The molecule has 6 aliphatic rings. The Morgan fingerprint density at radius 3 is 2.14 bits per heavy atom. The zero-order valence-corrected chi connectivity index (χ0v) is 27.5. The van der Waals surface area contributed by atoms with Gasteiger partial charge in [0.25, 0.3) is 0 Å². The fourth-order valence-electron chi connectivity index (χ4n) is 13.4. The van der Waals surface area contributed by atoms with Crippen LogP contribution in [0.3, 0.4) is 0 Å². The Hall–Kier alpha value is -0.540. The van der Waals surface area contributed by atoms with Gasteiger partial charge in [0.05, 0.1) is 18.8 Å². The fourth-order valence-corrected chi connectivity index (χ4v) is 13.4. The van der Waals surface area contributed by atoms with Gasteiger partial charge in [0.2, 0.25) is 0 Å². The van der Waals surface area contributed by atoms with Gasteiger partial charge in [-0.15, -0.1) is 0 Å². The Morgan fingerprint density at radius 1 is 0.791 bits per heavy atom. The Bertz CT molecular complexity index is 1090. The second-order valence-corrected chi connectivity index (χ2v) is 17.5. The van der Waals surface area contributed by atoms with Crippen LogP contribution in [-0.4, -0.2) is 80.0 Å². The molecule has 6 N–H and O–H groups in total. The maximum atomic E-state index is 12.3. The summed E-state index contributed by atoms with van der Waals surface area (Å²) in [5.74, 6) is 1.92. The van der Waals surface area contributed by atoms with Crippen LogP contribution >= 0.6 is 0 Å². The van der Waals surface area contributed by atoms with E-state index in [1.807, 2.05) is 0 Å². The summed E-state index contributed by atoms with van der Waals surface area (Å²) in [4.78, 5) is 0. The molecule has 7 nitrogen and oxygen atoms in total. The standard InChI is InChI=1S/C36H60O7/c1-19(2)20-10-15-36(31(42)30-29(41)28(40)27(39)22(18-37)43-30)17-16-34(6)21(26(20)36)8-9-24-33(5)13-12-25(38)32(3,4)23(33)11-14-35(24,34)7/h20-31,37-42H,1,8-18H2,2-7H3/t20-,21?,22?,23?,24?,25-,26?,27+,28-,29?,30+,31?,33-,34+,35+,36-/m0/s1. The molecular formula is C36H60O7. The van der Waals surface area contributed by atoms with Gasteiger partial charge in [-0.25, -0.2) is 0 Å². The van der Waals surface area contributed by atoms with E-state index in [9.17, 15) is 30.6 Å². The quantitative estimate of drug-likeness (QED) is 0.265. The highest BCUT2D eigenvalue weighted by atomic mass is 16.6. The van der Waals surface area contributed by atoms with E-state index in [1.54, 1.807) is 0 Å². The van der Waals surface area contributed by atoms with Crippen LogP contribution in [0.25, 0.3) is 0 Å². The van der Waals surface area contributed by atoms with Crippen LogP contribution in [0.1, 0.15) is 106 Å². The summed E-state index contributed by atoms with van der Waals surface area (Å²) in [6.45, 7) is 18.3. The maximum Gasteiger partial charge on any atom is 0.113 e. The molecule has 0 amide bonds. The molecule has 7 heteroatoms. The van der Waals surface area contributed by atoms with Crippen LogP contribution in [0.4, 0.5) is 0 Å². The zero-order chi connectivity index (χ0) is 31.5. The van der Waals surface area contributed by atoms with Crippen molar-refractivity contribution in [2.75, 3.05) is 6.61 Å². The van der Waals surface area contributed by atoms with Crippen molar-refractivity contribution in [1.29, 1.82) is 0 Å². The maximum absolute atomic E-state index is 12.3. The van der Waals surface area contributed by atoms with E-state index in [4.69, 9.17) is 4.74 Å². The van der Waals surface area contributed by atoms with Gasteiger partial charge in [0.15, 0.2) is 0 Å². The Kier molecular flexibility index (Phi) is 7.90. The Labute approximate surface area is 259 Å². The van der Waals surface area contributed by atoms with Gasteiger partial charge in [0.1, 0.15) is 30.5 Å². The SMILES string of the molecule is C=C(C)[C@@H]1CC[C@]2(C(O)[C@@H]3OC(CO)[C@@H](O)[C@H](O)C3O)CC[C@]3(C)C(CCC4[C@@]5(C)CC[C@H](O)C(C)(C)C5CC[C@]43C)C12. The summed E-state index contributed by atoms with van der Waals surface area (Å²) in [7, 11) is 0. The summed E-state index contributed by atoms with van der Waals surface area (Å²) < 4.78 is 6.01. The van der Waals surface area contributed by atoms with Crippen LogP contribution in [0.15, 0.2) is 12.2 Å². The molecule has 0 aromatic carbocycles. The lowest BCUT2D eigenvalue weighted by Crippen LogP contribution is -2.69. The molecule has 6 fully saturated rings. The molecule has 1 saturated heterocycles. The van der Waals surface area contributed by atoms with Crippen molar-refractivity contribution in [1.82, 2.24) is 0 Å². The lowest BCUT2D eigenvalue weighted by molar-refractivity contribution is -0.283. The van der Waals surface area contributed by atoms with Crippen molar-refractivity contribution in [2.24, 2.45) is 56.7 Å². The van der Waals surface area contributed by atoms with Crippen molar-refractivity contribution in [2.45, 2.75) is 148 Å².